The van der Waals surface area contributed by atoms with Crippen LogP contribution < -0.4 is 11.1 Å². The first-order chi connectivity index (χ1) is 7.35. The Morgan fingerprint density at radius 2 is 1.67 bits per heavy atom. The molecule has 0 aromatic heterocycles. The molecule has 3 N–H and O–H groups in total. The fourth-order valence-electron chi connectivity index (χ4n) is 1.56. The van der Waals surface area contributed by atoms with E-state index in [-0.39, 0.29) is 0 Å². The van der Waals surface area contributed by atoms with Crippen molar-refractivity contribution >= 4 is 0 Å². The van der Waals surface area contributed by atoms with Crippen LogP contribution in [0.1, 0.15) is 39.5 Å². The molecule has 0 aromatic rings. The lowest BCUT2D eigenvalue weighted by Crippen LogP contribution is -2.36. The lowest BCUT2D eigenvalue weighted by atomic mass is 10.3. The summed E-state index contributed by atoms with van der Waals surface area (Å²) < 4.78 is 0. The Balaban J connectivity index is 3.38. The summed E-state index contributed by atoms with van der Waals surface area (Å²) in [6, 6.07) is 0. The number of unbranched alkanes of at least 4 members (excludes halogenated alkanes) is 2. The summed E-state index contributed by atoms with van der Waals surface area (Å²) >= 11 is 0. The zero-order valence-corrected chi connectivity index (χ0v) is 10.6. The zero-order chi connectivity index (χ0) is 11.4. The SMILES string of the molecule is CCCCNCCN(CCN)CCCC. The number of nitrogens with one attached hydrogen (secondary N) is 1. The molecule has 0 heterocycles. The van der Waals surface area contributed by atoms with E-state index in [9.17, 15) is 0 Å². The summed E-state index contributed by atoms with van der Waals surface area (Å²) in [5.74, 6) is 0. The average Bonchev–Trinajstić information content (AvgIpc) is 2.25. The predicted molar refractivity (Wildman–Crippen MR) is 68.2 cm³/mol. The van der Waals surface area contributed by atoms with Gasteiger partial charge in [0.15, 0.2) is 0 Å². The molecular formula is C12H29N3. The summed E-state index contributed by atoms with van der Waals surface area (Å²) in [5, 5.41) is 3.47. The average molecular weight is 215 g/mol. The highest BCUT2D eigenvalue weighted by atomic mass is 15.1. The number of rotatable bonds is 11. The summed E-state index contributed by atoms with van der Waals surface area (Å²) in [4.78, 5) is 2.46. The smallest absolute Gasteiger partial charge is 0.0107 e. The molecule has 0 radical (unpaired) electrons. The molecule has 15 heavy (non-hydrogen) atoms. The normalized spacial score (nSPS) is 11.2. The minimum atomic E-state index is 0.776. The molecule has 0 amide bonds. The van der Waals surface area contributed by atoms with Gasteiger partial charge in [-0.1, -0.05) is 26.7 Å². The van der Waals surface area contributed by atoms with E-state index in [1.165, 1.54) is 32.2 Å². The van der Waals surface area contributed by atoms with Crippen LogP contribution in [0.3, 0.4) is 0 Å². The molecular weight excluding hydrogens is 186 g/mol. The van der Waals surface area contributed by atoms with Gasteiger partial charge in [-0.05, 0) is 25.9 Å². The van der Waals surface area contributed by atoms with Crippen molar-refractivity contribution in [1.29, 1.82) is 0 Å². The summed E-state index contributed by atoms with van der Waals surface area (Å²) in [6.45, 7) is 10.9. The molecule has 0 aliphatic carbocycles. The highest BCUT2D eigenvalue weighted by Crippen LogP contribution is 1.93. The van der Waals surface area contributed by atoms with Crippen molar-refractivity contribution < 1.29 is 0 Å². The van der Waals surface area contributed by atoms with Gasteiger partial charge in [0, 0.05) is 26.2 Å². The van der Waals surface area contributed by atoms with E-state index in [1.54, 1.807) is 0 Å². The molecule has 0 rings (SSSR count). The maximum Gasteiger partial charge on any atom is 0.0107 e. The zero-order valence-electron chi connectivity index (χ0n) is 10.6. The van der Waals surface area contributed by atoms with Crippen molar-refractivity contribution in [2.24, 2.45) is 5.73 Å². The standard InChI is InChI=1S/C12H29N3/c1-3-5-8-14-9-12-15(11-7-13)10-6-4-2/h14H,3-13H2,1-2H3. The Bertz CT molecular complexity index is 117. The molecule has 3 heteroatoms. The number of nitrogens with two attached hydrogens (primary N) is 1. The van der Waals surface area contributed by atoms with E-state index in [0.29, 0.717) is 0 Å². The maximum absolute atomic E-state index is 5.59. The van der Waals surface area contributed by atoms with Gasteiger partial charge in [0.05, 0.1) is 0 Å². The van der Waals surface area contributed by atoms with E-state index < -0.39 is 0 Å². The Morgan fingerprint density at radius 1 is 0.933 bits per heavy atom. The number of nitrogens with zero attached hydrogens (tertiary/aromatic N) is 1. The molecule has 0 bridgehead atoms. The van der Waals surface area contributed by atoms with E-state index in [4.69, 9.17) is 5.73 Å². The van der Waals surface area contributed by atoms with Gasteiger partial charge in [-0.15, -0.1) is 0 Å². The minimum absolute atomic E-state index is 0.776. The Morgan fingerprint density at radius 3 is 2.27 bits per heavy atom. The third kappa shape index (κ3) is 10.2. The minimum Gasteiger partial charge on any atom is -0.329 e. The van der Waals surface area contributed by atoms with Crippen molar-refractivity contribution in [3.05, 3.63) is 0 Å². The fourth-order valence-corrected chi connectivity index (χ4v) is 1.56. The quantitative estimate of drug-likeness (QED) is 0.512. The van der Waals surface area contributed by atoms with E-state index in [1.807, 2.05) is 0 Å². The second-order valence-electron chi connectivity index (χ2n) is 4.09. The Labute approximate surface area is 95.4 Å². The van der Waals surface area contributed by atoms with Gasteiger partial charge in [0.2, 0.25) is 0 Å². The molecule has 0 aliphatic heterocycles. The molecule has 92 valence electrons. The molecule has 0 atom stereocenters. The molecule has 0 saturated heterocycles. The van der Waals surface area contributed by atoms with Crippen LogP contribution in [0.2, 0.25) is 0 Å². The predicted octanol–water partition coefficient (Wildman–Crippen LogP) is 1.44. The lowest BCUT2D eigenvalue weighted by Gasteiger charge is -2.21. The van der Waals surface area contributed by atoms with Crippen molar-refractivity contribution in [3.8, 4) is 0 Å². The summed E-state index contributed by atoms with van der Waals surface area (Å²) in [5.41, 5.74) is 5.59. The second-order valence-corrected chi connectivity index (χ2v) is 4.09. The lowest BCUT2D eigenvalue weighted by molar-refractivity contribution is 0.276. The van der Waals surface area contributed by atoms with Gasteiger partial charge >= 0.3 is 0 Å². The summed E-state index contributed by atoms with van der Waals surface area (Å²) in [6.07, 6.45) is 5.11. The van der Waals surface area contributed by atoms with Gasteiger partial charge in [0.25, 0.3) is 0 Å². The maximum atomic E-state index is 5.59. The molecule has 0 spiro atoms. The van der Waals surface area contributed by atoms with Crippen molar-refractivity contribution in [2.45, 2.75) is 39.5 Å². The van der Waals surface area contributed by atoms with E-state index in [0.717, 1.165) is 32.7 Å². The largest absolute Gasteiger partial charge is 0.329 e. The molecule has 3 nitrogen and oxygen atoms in total. The van der Waals surface area contributed by atoms with Gasteiger partial charge in [-0.3, -0.25) is 0 Å². The fraction of sp³-hybridized carbons (Fsp3) is 1.00. The van der Waals surface area contributed by atoms with Crippen LogP contribution in [0, 0.1) is 0 Å². The number of hydrogen-bond acceptors (Lipinski definition) is 3. The van der Waals surface area contributed by atoms with Crippen LogP contribution in [0.4, 0.5) is 0 Å². The van der Waals surface area contributed by atoms with Gasteiger partial charge in [-0.25, -0.2) is 0 Å². The van der Waals surface area contributed by atoms with Crippen molar-refractivity contribution in [3.63, 3.8) is 0 Å². The third-order valence-corrected chi connectivity index (χ3v) is 2.59. The second kappa shape index (κ2) is 12.0. The first-order valence-electron chi connectivity index (χ1n) is 6.48. The third-order valence-electron chi connectivity index (χ3n) is 2.59. The monoisotopic (exact) mass is 215 g/mol. The van der Waals surface area contributed by atoms with Crippen LogP contribution in [0.25, 0.3) is 0 Å². The molecule has 0 saturated carbocycles. The molecule has 0 aliphatic rings. The van der Waals surface area contributed by atoms with Gasteiger partial charge in [0.1, 0.15) is 0 Å². The van der Waals surface area contributed by atoms with E-state index in [2.05, 4.69) is 24.1 Å². The molecule has 0 fully saturated rings. The van der Waals surface area contributed by atoms with Gasteiger partial charge < -0.3 is 16.0 Å². The number of hydrogen-bond donors (Lipinski definition) is 2. The first-order valence-corrected chi connectivity index (χ1v) is 6.48. The van der Waals surface area contributed by atoms with Crippen LogP contribution in [0.5, 0.6) is 0 Å². The highest BCUT2D eigenvalue weighted by molar-refractivity contribution is 4.60. The Kier molecular flexibility index (Phi) is 11.9. The van der Waals surface area contributed by atoms with Crippen LogP contribution >= 0.6 is 0 Å². The van der Waals surface area contributed by atoms with Crippen molar-refractivity contribution in [2.75, 3.05) is 39.3 Å². The van der Waals surface area contributed by atoms with Crippen molar-refractivity contribution in [1.82, 2.24) is 10.2 Å². The Hall–Kier alpha value is -0.120. The summed E-state index contributed by atoms with van der Waals surface area (Å²) in [7, 11) is 0. The molecule has 0 unspecified atom stereocenters. The first kappa shape index (κ1) is 14.9. The topological polar surface area (TPSA) is 41.3 Å². The van der Waals surface area contributed by atoms with Crippen LogP contribution in [-0.2, 0) is 0 Å². The molecule has 0 aromatic carbocycles. The van der Waals surface area contributed by atoms with E-state index >= 15 is 0 Å². The van der Waals surface area contributed by atoms with Gasteiger partial charge in [-0.2, -0.15) is 0 Å². The van der Waals surface area contributed by atoms with Crippen LogP contribution in [0.15, 0.2) is 0 Å². The van der Waals surface area contributed by atoms with Crippen LogP contribution in [-0.4, -0.2) is 44.2 Å². The highest BCUT2D eigenvalue weighted by Gasteiger charge is 2.01.